The Labute approximate surface area is 79.5 Å². The predicted molar refractivity (Wildman–Crippen MR) is 53.7 cm³/mol. The van der Waals surface area contributed by atoms with E-state index in [0.717, 1.165) is 12.2 Å². The zero-order valence-electron chi connectivity index (χ0n) is 8.79. The van der Waals surface area contributed by atoms with E-state index in [9.17, 15) is 0 Å². The molecule has 3 nitrogen and oxygen atoms in total. The van der Waals surface area contributed by atoms with Crippen molar-refractivity contribution >= 4 is 6.01 Å². The van der Waals surface area contributed by atoms with Crippen molar-refractivity contribution in [1.82, 2.24) is 4.98 Å². The van der Waals surface area contributed by atoms with Crippen molar-refractivity contribution in [1.29, 1.82) is 0 Å². The van der Waals surface area contributed by atoms with Gasteiger partial charge in [0.15, 0.2) is 0 Å². The molecule has 1 heterocycles. The molecule has 1 atom stereocenters. The van der Waals surface area contributed by atoms with Crippen LogP contribution in [0.1, 0.15) is 26.5 Å². The molecule has 74 valence electrons. The molecule has 0 radical (unpaired) electrons. The summed E-state index contributed by atoms with van der Waals surface area (Å²) in [6, 6.07) is 0.630. The van der Waals surface area contributed by atoms with Crippen LogP contribution in [0.5, 0.6) is 0 Å². The first kappa shape index (κ1) is 10.1. The van der Waals surface area contributed by atoms with Gasteiger partial charge in [-0.05, 0) is 18.8 Å². The van der Waals surface area contributed by atoms with E-state index >= 15 is 0 Å². The molecule has 1 rings (SSSR count). The van der Waals surface area contributed by atoms with Crippen molar-refractivity contribution in [3.63, 3.8) is 0 Å². The molecule has 1 N–H and O–H groups in total. The monoisotopic (exact) mass is 182 g/mol. The maximum absolute atomic E-state index is 5.17. The van der Waals surface area contributed by atoms with Gasteiger partial charge in [-0.2, -0.15) is 4.98 Å². The minimum atomic E-state index is 0.630. The molecule has 0 aliphatic rings. The SMILES string of the molecule is Cc1coc(NCC(C)C(C)C)n1. The number of nitrogens with one attached hydrogen (secondary N) is 1. The van der Waals surface area contributed by atoms with Crippen molar-refractivity contribution in [2.45, 2.75) is 27.7 Å². The second-order valence-corrected chi connectivity index (χ2v) is 3.90. The van der Waals surface area contributed by atoms with Gasteiger partial charge in [-0.25, -0.2) is 0 Å². The number of anilines is 1. The third kappa shape index (κ3) is 3.09. The lowest BCUT2D eigenvalue weighted by atomic mass is 9.98. The van der Waals surface area contributed by atoms with E-state index in [-0.39, 0.29) is 0 Å². The van der Waals surface area contributed by atoms with E-state index in [2.05, 4.69) is 31.1 Å². The molecule has 1 aromatic rings. The van der Waals surface area contributed by atoms with Crippen LogP contribution < -0.4 is 5.32 Å². The smallest absolute Gasteiger partial charge is 0.294 e. The van der Waals surface area contributed by atoms with Gasteiger partial charge in [-0.15, -0.1) is 0 Å². The van der Waals surface area contributed by atoms with E-state index in [1.54, 1.807) is 6.26 Å². The summed E-state index contributed by atoms with van der Waals surface area (Å²) < 4.78 is 5.17. The normalized spacial score (nSPS) is 13.3. The lowest BCUT2D eigenvalue weighted by Gasteiger charge is -2.14. The molecule has 3 heteroatoms. The molecule has 0 aromatic carbocycles. The summed E-state index contributed by atoms with van der Waals surface area (Å²) in [7, 11) is 0. The Bertz CT molecular complexity index is 255. The van der Waals surface area contributed by atoms with Gasteiger partial charge in [0, 0.05) is 6.54 Å². The van der Waals surface area contributed by atoms with Gasteiger partial charge in [-0.3, -0.25) is 0 Å². The van der Waals surface area contributed by atoms with E-state index in [1.807, 2.05) is 6.92 Å². The third-order valence-corrected chi connectivity index (χ3v) is 2.33. The lowest BCUT2D eigenvalue weighted by Crippen LogP contribution is -2.16. The minimum absolute atomic E-state index is 0.630. The maximum atomic E-state index is 5.17. The maximum Gasteiger partial charge on any atom is 0.294 e. The molecule has 1 unspecified atom stereocenters. The topological polar surface area (TPSA) is 38.1 Å². The summed E-state index contributed by atoms with van der Waals surface area (Å²) in [6.07, 6.45) is 1.66. The first-order chi connectivity index (χ1) is 6.09. The quantitative estimate of drug-likeness (QED) is 0.778. The highest BCUT2D eigenvalue weighted by atomic mass is 16.4. The fourth-order valence-corrected chi connectivity index (χ4v) is 0.919. The minimum Gasteiger partial charge on any atom is -0.432 e. The van der Waals surface area contributed by atoms with E-state index < -0.39 is 0 Å². The highest BCUT2D eigenvalue weighted by Gasteiger charge is 2.07. The van der Waals surface area contributed by atoms with Crippen molar-refractivity contribution < 1.29 is 4.42 Å². The fourth-order valence-electron chi connectivity index (χ4n) is 0.919. The number of hydrogen-bond acceptors (Lipinski definition) is 3. The highest BCUT2D eigenvalue weighted by molar-refractivity contribution is 5.20. The molecule has 1 aromatic heterocycles. The van der Waals surface area contributed by atoms with Crippen molar-refractivity contribution in [2.24, 2.45) is 11.8 Å². The molecule has 0 aliphatic heterocycles. The van der Waals surface area contributed by atoms with Crippen LogP contribution in [0.4, 0.5) is 6.01 Å². The molecule has 0 bridgehead atoms. The van der Waals surface area contributed by atoms with Gasteiger partial charge >= 0.3 is 0 Å². The lowest BCUT2D eigenvalue weighted by molar-refractivity contribution is 0.433. The second kappa shape index (κ2) is 4.30. The number of oxazole rings is 1. The number of nitrogens with zero attached hydrogens (tertiary/aromatic N) is 1. The molecule has 0 spiro atoms. The largest absolute Gasteiger partial charge is 0.432 e. The summed E-state index contributed by atoms with van der Waals surface area (Å²) in [5.74, 6) is 1.32. The van der Waals surface area contributed by atoms with Crippen LogP contribution in [0.15, 0.2) is 10.7 Å². The average molecular weight is 182 g/mol. The summed E-state index contributed by atoms with van der Waals surface area (Å²) in [5.41, 5.74) is 0.916. The molecule has 0 aliphatic carbocycles. The Morgan fingerprint density at radius 3 is 2.62 bits per heavy atom. The van der Waals surface area contributed by atoms with Crippen molar-refractivity contribution in [3.8, 4) is 0 Å². The summed E-state index contributed by atoms with van der Waals surface area (Å²) >= 11 is 0. The third-order valence-electron chi connectivity index (χ3n) is 2.33. The van der Waals surface area contributed by atoms with E-state index in [0.29, 0.717) is 17.9 Å². The molecule has 0 fully saturated rings. The van der Waals surface area contributed by atoms with Crippen LogP contribution in [-0.4, -0.2) is 11.5 Å². The van der Waals surface area contributed by atoms with Gasteiger partial charge in [0.1, 0.15) is 6.26 Å². The molecular formula is C10H18N2O. The molecule has 13 heavy (non-hydrogen) atoms. The summed E-state index contributed by atoms with van der Waals surface area (Å²) in [4.78, 5) is 4.16. The molecular weight excluding hydrogens is 164 g/mol. The van der Waals surface area contributed by atoms with Crippen molar-refractivity contribution in [2.75, 3.05) is 11.9 Å². The predicted octanol–water partition coefficient (Wildman–Crippen LogP) is 2.69. The van der Waals surface area contributed by atoms with Gasteiger partial charge < -0.3 is 9.73 Å². The number of hydrogen-bond donors (Lipinski definition) is 1. The number of aromatic nitrogens is 1. The van der Waals surface area contributed by atoms with Crippen LogP contribution in [0.2, 0.25) is 0 Å². The molecule has 0 saturated heterocycles. The van der Waals surface area contributed by atoms with Gasteiger partial charge in [-0.1, -0.05) is 20.8 Å². The zero-order chi connectivity index (χ0) is 9.84. The summed E-state index contributed by atoms with van der Waals surface area (Å²) in [5, 5.41) is 3.17. The van der Waals surface area contributed by atoms with Crippen LogP contribution in [-0.2, 0) is 0 Å². The Kier molecular flexibility index (Phi) is 3.34. The molecule has 0 saturated carbocycles. The van der Waals surface area contributed by atoms with E-state index in [1.165, 1.54) is 0 Å². The first-order valence-electron chi connectivity index (χ1n) is 4.75. The number of aryl methyl sites for hydroxylation is 1. The van der Waals surface area contributed by atoms with Crippen LogP contribution in [0, 0.1) is 18.8 Å². The zero-order valence-corrected chi connectivity index (χ0v) is 8.79. The number of rotatable bonds is 4. The fraction of sp³-hybridized carbons (Fsp3) is 0.700. The average Bonchev–Trinajstić information content (AvgIpc) is 2.47. The van der Waals surface area contributed by atoms with Gasteiger partial charge in [0.2, 0.25) is 0 Å². The highest BCUT2D eigenvalue weighted by Crippen LogP contribution is 2.11. The van der Waals surface area contributed by atoms with Crippen molar-refractivity contribution in [3.05, 3.63) is 12.0 Å². The van der Waals surface area contributed by atoms with Gasteiger partial charge in [0.25, 0.3) is 6.01 Å². The van der Waals surface area contributed by atoms with E-state index in [4.69, 9.17) is 4.42 Å². The van der Waals surface area contributed by atoms with Crippen LogP contribution >= 0.6 is 0 Å². The Morgan fingerprint density at radius 1 is 1.46 bits per heavy atom. The first-order valence-corrected chi connectivity index (χ1v) is 4.75. The second-order valence-electron chi connectivity index (χ2n) is 3.90. The van der Waals surface area contributed by atoms with Crippen LogP contribution in [0.25, 0.3) is 0 Å². The Hall–Kier alpha value is -0.990. The standard InChI is InChI=1S/C10H18N2O/c1-7(2)8(3)5-11-10-12-9(4)6-13-10/h6-8H,5H2,1-4H3,(H,11,12). The Balaban J connectivity index is 2.35. The Morgan fingerprint density at radius 2 is 2.15 bits per heavy atom. The summed E-state index contributed by atoms with van der Waals surface area (Å²) in [6.45, 7) is 9.48. The van der Waals surface area contributed by atoms with Gasteiger partial charge in [0.05, 0.1) is 5.69 Å². The molecule has 0 amide bonds. The van der Waals surface area contributed by atoms with Crippen LogP contribution in [0.3, 0.4) is 0 Å².